The van der Waals surface area contributed by atoms with Crippen molar-refractivity contribution in [3.05, 3.63) is 88.8 Å². The predicted octanol–water partition coefficient (Wildman–Crippen LogP) is 2.92. The Bertz CT molecular complexity index is 2570. The lowest BCUT2D eigenvalue weighted by molar-refractivity contribution is -0.134. The molecular formula is C51H73Cl2N15O9. The minimum absolute atomic E-state index is 0.0146. The van der Waals surface area contributed by atoms with E-state index in [-0.39, 0.29) is 67.0 Å². The number of piperidine rings is 1. The van der Waals surface area contributed by atoms with Gasteiger partial charge in [0.25, 0.3) is 5.91 Å². The van der Waals surface area contributed by atoms with E-state index in [1.807, 2.05) is 29.3 Å². The second kappa shape index (κ2) is 30.0. The number of hydrogen-bond acceptors (Lipinski definition) is 18. The van der Waals surface area contributed by atoms with Gasteiger partial charge in [-0.15, -0.1) is 0 Å². The zero-order valence-electron chi connectivity index (χ0n) is 44.0. The average molecular weight is 1110 g/mol. The molecule has 5 amide bonds. The Morgan fingerprint density at radius 1 is 0.883 bits per heavy atom. The number of fused-ring (bicyclic) bond motifs is 1. The van der Waals surface area contributed by atoms with Crippen LogP contribution in [-0.2, 0) is 33.3 Å². The van der Waals surface area contributed by atoms with Gasteiger partial charge in [0.15, 0.2) is 5.15 Å². The van der Waals surface area contributed by atoms with Crippen molar-refractivity contribution in [1.82, 2.24) is 56.0 Å². The first-order valence-electron chi connectivity index (χ1n) is 25.7. The third-order valence-electron chi connectivity index (χ3n) is 12.7. The first kappa shape index (κ1) is 59.9. The quantitative estimate of drug-likeness (QED) is 0.0176. The number of hydrogen-bond donors (Lipinski definition) is 8. The van der Waals surface area contributed by atoms with Gasteiger partial charge in [0.05, 0.1) is 69.7 Å². The summed E-state index contributed by atoms with van der Waals surface area (Å²) in [6, 6.07) is 11.9. The lowest BCUT2D eigenvalue weighted by Gasteiger charge is -2.42. The molecule has 6 rings (SSSR count). The second-order valence-corrected chi connectivity index (χ2v) is 20.2. The minimum atomic E-state index is -1.26. The number of ether oxygens (including phenoxy) is 4. The Morgan fingerprint density at radius 2 is 1.58 bits per heavy atom. The van der Waals surface area contributed by atoms with E-state index in [4.69, 9.17) is 53.7 Å². The van der Waals surface area contributed by atoms with Crippen LogP contribution in [0.2, 0.25) is 10.2 Å². The number of amides is 5. The number of nitrogens with one attached hydrogen (secondary N) is 6. The Morgan fingerprint density at radius 3 is 2.27 bits per heavy atom. The summed E-state index contributed by atoms with van der Waals surface area (Å²) in [6.45, 7) is 12.3. The number of carbonyl (C=O) groups excluding carboxylic acids is 5. The molecule has 77 heavy (non-hydrogen) atoms. The SMILES string of the molecule is CC(C)(C)OC(=O)NC1(C(=O)NC(CCN2CCN(C(=O)CCOCCOCCOCCNC(=O)c3ccc(NC(=O)CNCCN(N)/C=C\N)c(Cl)n3)CC2)c2ccc(Cl)cc2)CCN(c2ncnc3[nH]ccc23)CC1. The second-order valence-electron chi connectivity index (χ2n) is 19.4. The van der Waals surface area contributed by atoms with Crippen LogP contribution in [0.3, 0.4) is 0 Å². The van der Waals surface area contributed by atoms with Crippen LogP contribution in [0.25, 0.3) is 11.0 Å². The number of H-pyrrole nitrogens is 1. The summed E-state index contributed by atoms with van der Waals surface area (Å²) in [4.78, 5) is 88.2. The van der Waals surface area contributed by atoms with Gasteiger partial charge < -0.3 is 71.1 Å². The van der Waals surface area contributed by atoms with E-state index < -0.39 is 29.2 Å². The molecule has 4 aromatic rings. The summed E-state index contributed by atoms with van der Waals surface area (Å²) < 4.78 is 22.5. The van der Waals surface area contributed by atoms with E-state index in [1.54, 1.807) is 32.9 Å². The van der Waals surface area contributed by atoms with Crippen LogP contribution in [-0.4, -0.2) is 187 Å². The number of nitrogens with zero attached hydrogens (tertiary/aromatic N) is 7. The first-order valence-corrected chi connectivity index (χ1v) is 26.5. The number of rotatable bonds is 28. The van der Waals surface area contributed by atoms with Crippen molar-refractivity contribution in [1.29, 1.82) is 0 Å². The third-order valence-corrected chi connectivity index (χ3v) is 13.2. The van der Waals surface area contributed by atoms with Gasteiger partial charge in [0, 0.05) is 89.1 Å². The Labute approximate surface area is 458 Å². The molecule has 420 valence electrons. The maximum absolute atomic E-state index is 14.6. The molecule has 2 saturated heterocycles. The molecule has 2 aliphatic heterocycles. The highest BCUT2D eigenvalue weighted by atomic mass is 35.5. The number of carbonyl (C=O) groups is 5. The van der Waals surface area contributed by atoms with Gasteiger partial charge in [-0.2, -0.15) is 0 Å². The summed E-state index contributed by atoms with van der Waals surface area (Å²) in [5, 5.41) is 17.4. The van der Waals surface area contributed by atoms with Crippen molar-refractivity contribution in [3.63, 3.8) is 0 Å². The van der Waals surface area contributed by atoms with E-state index in [0.29, 0.717) is 110 Å². The molecule has 10 N–H and O–H groups in total. The molecule has 0 aliphatic carbocycles. The third kappa shape index (κ3) is 19.2. The molecular weight excluding hydrogens is 1040 g/mol. The Balaban J connectivity index is 0.844. The fraction of sp³-hybridized carbons (Fsp3) is 0.529. The maximum Gasteiger partial charge on any atom is 0.408 e. The molecule has 0 radical (unpaired) electrons. The van der Waals surface area contributed by atoms with E-state index in [2.05, 4.69) is 56.3 Å². The highest BCUT2D eigenvalue weighted by Gasteiger charge is 2.45. The van der Waals surface area contributed by atoms with Crippen LogP contribution in [0.5, 0.6) is 0 Å². The molecule has 0 bridgehead atoms. The topological polar surface area (TPSA) is 302 Å². The summed E-state index contributed by atoms with van der Waals surface area (Å²) in [7, 11) is 0. The zero-order valence-corrected chi connectivity index (χ0v) is 45.5. The summed E-state index contributed by atoms with van der Waals surface area (Å²) in [6.07, 6.45) is 6.92. The molecule has 1 atom stereocenters. The largest absolute Gasteiger partial charge is 0.444 e. The number of aromatic amines is 1. The number of halogens is 2. The van der Waals surface area contributed by atoms with Crippen molar-refractivity contribution >= 4 is 75.5 Å². The van der Waals surface area contributed by atoms with E-state index in [0.717, 1.165) is 22.4 Å². The highest BCUT2D eigenvalue weighted by molar-refractivity contribution is 6.32. The van der Waals surface area contributed by atoms with Crippen molar-refractivity contribution in [2.24, 2.45) is 11.6 Å². The van der Waals surface area contributed by atoms with Crippen LogP contribution in [0.1, 0.15) is 68.5 Å². The van der Waals surface area contributed by atoms with Gasteiger partial charge in [-0.1, -0.05) is 35.3 Å². The summed E-state index contributed by atoms with van der Waals surface area (Å²) in [5.74, 6) is 5.35. The molecule has 26 heteroatoms. The van der Waals surface area contributed by atoms with Gasteiger partial charge in [-0.3, -0.25) is 24.1 Å². The highest BCUT2D eigenvalue weighted by Crippen LogP contribution is 2.31. The summed E-state index contributed by atoms with van der Waals surface area (Å²) in [5.41, 5.74) is 5.21. The number of benzene rings is 1. The number of pyridine rings is 1. The molecule has 3 aromatic heterocycles. The van der Waals surface area contributed by atoms with Crippen molar-refractivity contribution in [2.75, 3.05) is 122 Å². The van der Waals surface area contributed by atoms with Gasteiger partial charge in [0.2, 0.25) is 17.7 Å². The smallest absolute Gasteiger partial charge is 0.408 e. The van der Waals surface area contributed by atoms with Crippen LogP contribution >= 0.6 is 23.2 Å². The normalized spacial score (nSPS) is 15.3. The van der Waals surface area contributed by atoms with Crippen LogP contribution in [0.15, 0.2) is 67.4 Å². The van der Waals surface area contributed by atoms with Gasteiger partial charge in [-0.05, 0) is 75.9 Å². The van der Waals surface area contributed by atoms with Crippen molar-refractivity contribution in [2.45, 2.75) is 63.6 Å². The van der Waals surface area contributed by atoms with Gasteiger partial charge >= 0.3 is 6.09 Å². The molecule has 2 aliphatic rings. The molecule has 0 saturated carbocycles. The molecule has 24 nitrogen and oxygen atoms in total. The fourth-order valence-corrected chi connectivity index (χ4v) is 8.92. The van der Waals surface area contributed by atoms with E-state index in [9.17, 15) is 24.0 Å². The van der Waals surface area contributed by atoms with Crippen LogP contribution in [0.4, 0.5) is 16.3 Å². The monoisotopic (exact) mass is 1110 g/mol. The Kier molecular flexibility index (Phi) is 23.3. The lowest BCUT2D eigenvalue weighted by Crippen LogP contribution is -2.64. The standard InChI is InChI=1S/C51H73Cl2N15O9/c1-50(2,3)77-49(73)64-51(13-20-67(21-14-51)46-38-10-16-57-45(38)59-35-60-46)48(72)63-39(36-4-6-37(52)7-5-36)11-19-65-24-26-66(27-25-65)43(70)12-28-74-30-32-76-33-31-75-29-18-58-47(71)41-9-8-40(44(53)62-41)61-42(69)34-56-17-23-68(55)22-15-54/h4-10,15-16,22,35,39,56H,11-14,17-21,23-34,54-55H2,1-3H3,(H,58,71)(H,61,69)(H,63,72)(H,64,73)(H,57,59,60)/b22-15-. The molecule has 0 spiro atoms. The van der Waals surface area contributed by atoms with Crippen molar-refractivity contribution < 1.29 is 42.9 Å². The van der Waals surface area contributed by atoms with Gasteiger partial charge in [-0.25, -0.2) is 25.6 Å². The molecule has 2 fully saturated rings. The lowest BCUT2D eigenvalue weighted by atomic mass is 9.85. The average Bonchev–Trinajstić information content (AvgIpc) is 3.90. The van der Waals surface area contributed by atoms with Crippen molar-refractivity contribution in [3.8, 4) is 0 Å². The van der Waals surface area contributed by atoms with Crippen LogP contribution < -0.4 is 43.1 Å². The maximum atomic E-state index is 14.6. The number of hydrazine groups is 1. The number of nitrogens with two attached hydrogens (primary N) is 2. The van der Waals surface area contributed by atoms with E-state index >= 15 is 0 Å². The predicted molar refractivity (Wildman–Crippen MR) is 292 cm³/mol. The zero-order chi connectivity index (χ0) is 55.2. The fourth-order valence-electron chi connectivity index (χ4n) is 8.60. The number of anilines is 2. The first-order chi connectivity index (χ1) is 37.0. The summed E-state index contributed by atoms with van der Waals surface area (Å²) >= 11 is 12.5. The van der Waals surface area contributed by atoms with Crippen LogP contribution in [0, 0.1) is 0 Å². The number of piperazine rings is 1. The molecule has 5 heterocycles. The Hall–Kier alpha value is -6.38. The molecule has 1 aromatic carbocycles. The minimum Gasteiger partial charge on any atom is -0.444 e. The number of alkyl carbamates (subject to hydrolysis) is 1. The van der Waals surface area contributed by atoms with Gasteiger partial charge in [0.1, 0.15) is 34.6 Å². The van der Waals surface area contributed by atoms with E-state index in [1.165, 1.54) is 35.9 Å². The number of aromatic nitrogens is 4. The molecule has 1 unspecified atom stereocenters.